The lowest BCUT2D eigenvalue weighted by molar-refractivity contribution is 0.140. The van der Waals surface area contributed by atoms with Gasteiger partial charge >= 0.3 is 0 Å². The molecular formula is C27H37FN4O3. The molecular weight excluding hydrogens is 447 g/mol. The Morgan fingerprint density at radius 2 is 1.77 bits per heavy atom. The van der Waals surface area contributed by atoms with Crippen molar-refractivity contribution in [2.24, 2.45) is 5.73 Å². The van der Waals surface area contributed by atoms with Crippen LogP contribution in [0.2, 0.25) is 0 Å². The maximum Gasteiger partial charge on any atom is 0.144 e. The summed E-state index contributed by atoms with van der Waals surface area (Å²) in [7, 11) is 0. The minimum absolute atomic E-state index is 0.143. The maximum atomic E-state index is 14.0. The Morgan fingerprint density at radius 1 is 1.00 bits per heavy atom. The first kappa shape index (κ1) is 28.5. The van der Waals surface area contributed by atoms with Gasteiger partial charge in [0.1, 0.15) is 12.0 Å². The predicted octanol–water partition coefficient (Wildman–Crippen LogP) is 2.81. The second-order valence-corrected chi connectivity index (χ2v) is 7.96. The van der Waals surface area contributed by atoms with Crippen molar-refractivity contribution in [1.29, 1.82) is 0 Å². The van der Waals surface area contributed by atoms with Crippen molar-refractivity contribution in [1.82, 2.24) is 15.6 Å². The molecule has 0 aliphatic carbocycles. The van der Waals surface area contributed by atoms with Gasteiger partial charge in [-0.05, 0) is 65.0 Å². The van der Waals surface area contributed by atoms with Crippen molar-refractivity contribution in [3.63, 3.8) is 0 Å². The van der Waals surface area contributed by atoms with Crippen LogP contribution in [-0.2, 0) is 13.0 Å². The third-order valence-corrected chi connectivity index (χ3v) is 5.41. The van der Waals surface area contributed by atoms with E-state index in [4.69, 9.17) is 10.8 Å². The molecule has 2 unspecified atom stereocenters. The van der Waals surface area contributed by atoms with E-state index in [0.29, 0.717) is 24.2 Å². The van der Waals surface area contributed by atoms with Gasteiger partial charge in [0, 0.05) is 38.9 Å². The summed E-state index contributed by atoms with van der Waals surface area (Å²) in [5.41, 5.74) is 10.5. The third kappa shape index (κ3) is 8.78. The molecule has 0 aliphatic rings. The van der Waals surface area contributed by atoms with Crippen molar-refractivity contribution in [2.75, 3.05) is 26.2 Å². The molecule has 7 nitrogen and oxygen atoms in total. The van der Waals surface area contributed by atoms with Crippen LogP contribution in [0.15, 0.2) is 60.9 Å². The van der Waals surface area contributed by atoms with Crippen LogP contribution in [0.1, 0.15) is 48.4 Å². The normalized spacial score (nSPS) is 12.5. The van der Waals surface area contributed by atoms with E-state index >= 15 is 0 Å². The monoisotopic (exact) mass is 484 g/mol. The lowest BCUT2D eigenvalue weighted by atomic mass is 9.92. The number of aliphatic hydroxyl groups excluding tert-OH is 3. The lowest BCUT2D eigenvalue weighted by Crippen LogP contribution is -2.30. The van der Waals surface area contributed by atoms with Crippen molar-refractivity contribution in [3.05, 3.63) is 89.0 Å². The molecule has 3 rings (SSSR count). The van der Waals surface area contributed by atoms with Crippen LogP contribution in [-0.4, -0.2) is 46.5 Å². The van der Waals surface area contributed by atoms with Crippen LogP contribution < -0.4 is 16.4 Å². The quantitative estimate of drug-likeness (QED) is 0.183. The number of likely N-dealkylation sites (N-methyl/N-ethyl adjacent to an activating group) is 1. The van der Waals surface area contributed by atoms with Gasteiger partial charge in [-0.15, -0.1) is 0 Å². The fourth-order valence-corrected chi connectivity index (χ4v) is 3.61. The lowest BCUT2D eigenvalue weighted by Gasteiger charge is -2.18. The molecule has 1 heterocycles. The average Bonchev–Trinajstić information content (AvgIpc) is 2.88. The minimum atomic E-state index is -0.876. The highest BCUT2D eigenvalue weighted by Crippen LogP contribution is 2.30. The SMILES string of the molecule is CCNCCNC(O)c1cccc(-c2cc(C(O)Cc3ccncc3F)ccc2CN)c1.CCO. The van der Waals surface area contributed by atoms with Crippen molar-refractivity contribution in [3.8, 4) is 11.1 Å². The highest BCUT2D eigenvalue weighted by molar-refractivity contribution is 5.69. The molecule has 0 radical (unpaired) electrons. The fourth-order valence-electron chi connectivity index (χ4n) is 3.61. The second-order valence-electron chi connectivity index (χ2n) is 7.96. The first-order valence-corrected chi connectivity index (χ1v) is 11.9. The average molecular weight is 485 g/mol. The van der Waals surface area contributed by atoms with Gasteiger partial charge in [0.05, 0.1) is 12.3 Å². The van der Waals surface area contributed by atoms with Crippen LogP contribution in [0.25, 0.3) is 11.1 Å². The molecule has 8 heteroatoms. The summed E-state index contributed by atoms with van der Waals surface area (Å²) in [4.78, 5) is 3.75. The number of pyridine rings is 1. The van der Waals surface area contributed by atoms with E-state index in [1.54, 1.807) is 13.0 Å². The van der Waals surface area contributed by atoms with Gasteiger partial charge in [-0.3, -0.25) is 10.3 Å². The van der Waals surface area contributed by atoms with E-state index in [2.05, 4.69) is 15.6 Å². The Morgan fingerprint density at radius 3 is 2.46 bits per heavy atom. The number of hydrogen-bond acceptors (Lipinski definition) is 7. The standard InChI is InChI=1S/C25H31FN4O2.C2H6O/c1-2-28-10-11-30-25(32)20-5-3-4-17(12-20)22-13-19(6-7-21(22)15-27)24(31)14-18-8-9-29-16-23(18)26;1-2-3/h3-9,12-13,16,24-25,28,30-32H,2,10-11,14-15,27H2,1H3;3H,2H2,1H3. The zero-order valence-corrected chi connectivity index (χ0v) is 20.4. The van der Waals surface area contributed by atoms with Crippen LogP contribution >= 0.6 is 0 Å². The van der Waals surface area contributed by atoms with Crippen LogP contribution in [0.5, 0.6) is 0 Å². The number of hydrogen-bond donors (Lipinski definition) is 6. The molecule has 0 saturated heterocycles. The number of nitrogens with one attached hydrogen (secondary N) is 2. The van der Waals surface area contributed by atoms with E-state index in [1.807, 2.05) is 49.4 Å². The highest BCUT2D eigenvalue weighted by atomic mass is 19.1. The molecule has 1 aromatic heterocycles. The Bertz CT molecular complexity index is 1030. The summed E-state index contributed by atoms with van der Waals surface area (Å²) >= 11 is 0. The number of rotatable bonds is 11. The highest BCUT2D eigenvalue weighted by Gasteiger charge is 2.15. The van der Waals surface area contributed by atoms with Crippen LogP contribution in [0.3, 0.4) is 0 Å². The Hall–Kier alpha value is -2.72. The van der Waals surface area contributed by atoms with E-state index in [0.717, 1.165) is 41.5 Å². The molecule has 0 fully saturated rings. The van der Waals surface area contributed by atoms with Gasteiger partial charge in [-0.25, -0.2) is 4.39 Å². The summed E-state index contributed by atoms with van der Waals surface area (Å²) in [5.74, 6) is -0.436. The second kappa shape index (κ2) is 15.3. The molecule has 2 aromatic carbocycles. The molecule has 0 aliphatic heterocycles. The van der Waals surface area contributed by atoms with Crippen molar-refractivity contribution < 1.29 is 19.7 Å². The molecule has 0 bridgehead atoms. The minimum Gasteiger partial charge on any atom is -0.397 e. The smallest absolute Gasteiger partial charge is 0.144 e. The van der Waals surface area contributed by atoms with E-state index < -0.39 is 18.1 Å². The maximum absolute atomic E-state index is 14.0. The predicted molar refractivity (Wildman–Crippen MR) is 137 cm³/mol. The molecule has 0 amide bonds. The zero-order chi connectivity index (χ0) is 25.6. The fraction of sp³-hybridized carbons (Fsp3) is 0.370. The largest absolute Gasteiger partial charge is 0.397 e. The van der Waals surface area contributed by atoms with Gasteiger partial charge < -0.3 is 26.4 Å². The molecule has 7 N–H and O–H groups in total. The van der Waals surface area contributed by atoms with Gasteiger partial charge in [0.25, 0.3) is 0 Å². The van der Waals surface area contributed by atoms with Crippen molar-refractivity contribution in [2.45, 2.75) is 39.1 Å². The zero-order valence-electron chi connectivity index (χ0n) is 20.4. The van der Waals surface area contributed by atoms with Gasteiger partial charge in [-0.2, -0.15) is 0 Å². The summed E-state index contributed by atoms with van der Waals surface area (Å²) in [5, 5.41) is 35.1. The van der Waals surface area contributed by atoms with E-state index in [9.17, 15) is 14.6 Å². The van der Waals surface area contributed by atoms with Gasteiger partial charge in [-0.1, -0.05) is 37.3 Å². The number of nitrogens with two attached hydrogens (primary N) is 1. The molecule has 2 atom stereocenters. The number of nitrogens with zero attached hydrogens (tertiary/aromatic N) is 1. The van der Waals surface area contributed by atoms with E-state index in [-0.39, 0.29) is 13.0 Å². The molecule has 190 valence electrons. The number of benzene rings is 2. The summed E-state index contributed by atoms with van der Waals surface area (Å²) < 4.78 is 14.0. The first-order chi connectivity index (χ1) is 16.9. The Balaban J connectivity index is 0.00000137. The summed E-state index contributed by atoms with van der Waals surface area (Å²) in [6.45, 7) is 6.58. The van der Waals surface area contributed by atoms with Crippen LogP contribution in [0.4, 0.5) is 4.39 Å². The van der Waals surface area contributed by atoms with Gasteiger partial charge in [0.2, 0.25) is 0 Å². The molecule has 35 heavy (non-hydrogen) atoms. The van der Waals surface area contributed by atoms with Gasteiger partial charge in [0.15, 0.2) is 0 Å². The molecule has 0 saturated carbocycles. The third-order valence-electron chi connectivity index (χ3n) is 5.41. The molecule has 0 spiro atoms. The number of halogens is 1. The molecule has 3 aromatic rings. The number of aromatic nitrogens is 1. The Labute approximate surface area is 206 Å². The summed E-state index contributed by atoms with van der Waals surface area (Å²) in [6.07, 6.45) is 1.13. The summed E-state index contributed by atoms with van der Waals surface area (Å²) in [6, 6.07) is 14.8. The van der Waals surface area contributed by atoms with Crippen LogP contribution in [0, 0.1) is 5.82 Å². The van der Waals surface area contributed by atoms with Crippen molar-refractivity contribution >= 4 is 0 Å². The number of aliphatic hydroxyl groups is 3. The van der Waals surface area contributed by atoms with E-state index in [1.165, 1.54) is 6.20 Å². The first-order valence-electron chi connectivity index (χ1n) is 11.9. The Kier molecular flexibility index (Phi) is 12.5. The topological polar surface area (TPSA) is 124 Å².